The van der Waals surface area contributed by atoms with Gasteiger partial charge >= 0.3 is 0 Å². The van der Waals surface area contributed by atoms with Crippen LogP contribution in [-0.2, 0) is 0 Å². The third-order valence-corrected chi connectivity index (χ3v) is 3.84. The Morgan fingerprint density at radius 3 is 2.80 bits per heavy atom. The standard InChI is InChI=1S/C10H10Cl2N2S/c1-6-5-15-10(13-6)14-7-2-3-8(11)9(12)4-7/h2-4,6H,5H2,1H3,(H,13,14). The number of amidine groups is 1. The van der Waals surface area contributed by atoms with E-state index >= 15 is 0 Å². The highest BCUT2D eigenvalue weighted by Gasteiger charge is 2.13. The lowest BCUT2D eigenvalue weighted by atomic mass is 10.3. The predicted octanol–water partition coefficient (Wildman–Crippen LogP) is 3.90. The molecule has 0 saturated carbocycles. The van der Waals surface area contributed by atoms with Gasteiger partial charge in [-0.05, 0) is 25.1 Å². The van der Waals surface area contributed by atoms with Gasteiger partial charge in [0, 0.05) is 11.4 Å². The number of benzene rings is 1. The summed E-state index contributed by atoms with van der Waals surface area (Å²) in [7, 11) is 0. The molecule has 0 spiro atoms. The van der Waals surface area contributed by atoms with Crippen molar-refractivity contribution in [2.24, 2.45) is 4.99 Å². The lowest BCUT2D eigenvalue weighted by molar-refractivity contribution is 0.865. The molecule has 0 amide bonds. The van der Waals surface area contributed by atoms with Crippen molar-refractivity contribution in [1.82, 2.24) is 0 Å². The molecule has 0 bridgehead atoms. The Morgan fingerprint density at radius 2 is 2.20 bits per heavy atom. The Bertz CT molecular complexity index is 406. The molecule has 80 valence electrons. The van der Waals surface area contributed by atoms with Crippen molar-refractivity contribution in [3.05, 3.63) is 28.2 Å². The summed E-state index contributed by atoms with van der Waals surface area (Å²) in [5.74, 6) is 1.03. The van der Waals surface area contributed by atoms with Gasteiger partial charge in [-0.1, -0.05) is 35.0 Å². The minimum Gasteiger partial charge on any atom is -0.335 e. The van der Waals surface area contributed by atoms with E-state index in [-0.39, 0.29) is 0 Å². The van der Waals surface area contributed by atoms with Gasteiger partial charge in [-0.25, -0.2) is 0 Å². The third-order valence-electron chi connectivity index (χ3n) is 1.97. The first-order valence-electron chi connectivity index (χ1n) is 4.58. The second-order valence-electron chi connectivity index (χ2n) is 3.35. The molecule has 0 fully saturated rings. The minimum absolute atomic E-state index is 0.389. The van der Waals surface area contributed by atoms with Crippen LogP contribution in [-0.4, -0.2) is 17.0 Å². The van der Waals surface area contributed by atoms with Crippen LogP contribution >= 0.6 is 35.0 Å². The van der Waals surface area contributed by atoms with Crippen molar-refractivity contribution in [2.45, 2.75) is 13.0 Å². The third kappa shape index (κ3) is 2.80. The van der Waals surface area contributed by atoms with Crippen molar-refractivity contribution in [2.75, 3.05) is 11.1 Å². The molecule has 1 aliphatic heterocycles. The zero-order chi connectivity index (χ0) is 10.8. The summed E-state index contributed by atoms with van der Waals surface area (Å²) in [6.45, 7) is 2.09. The van der Waals surface area contributed by atoms with Crippen molar-refractivity contribution in [3.8, 4) is 0 Å². The molecular weight excluding hydrogens is 251 g/mol. The zero-order valence-corrected chi connectivity index (χ0v) is 10.5. The van der Waals surface area contributed by atoms with E-state index in [0.717, 1.165) is 16.6 Å². The van der Waals surface area contributed by atoms with E-state index in [1.807, 2.05) is 6.07 Å². The predicted molar refractivity (Wildman–Crippen MR) is 69.4 cm³/mol. The van der Waals surface area contributed by atoms with Gasteiger partial charge in [0.25, 0.3) is 0 Å². The van der Waals surface area contributed by atoms with Crippen molar-refractivity contribution >= 4 is 45.8 Å². The van der Waals surface area contributed by atoms with Crippen LogP contribution in [0.25, 0.3) is 0 Å². The fourth-order valence-electron chi connectivity index (χ4n) is 1.24. The summed E-state index contributed by atoms with van der Waals surface area (Å²) in [5.41, 5.74) is 0.921. The zero-order valence-electron chi connectivity index (χ0n) is 8.13. The molecule has 0 aliphatic carbocycles. The molecular formula is C10H10Cl2N2S. The van der Waals surface area contributed by atoms with E-state index in [4.69, 9.17) is 23.2 Å². The van der Waals surface area contributed by atoms with Crippen molar-refractivity contribution in [1.29, 1.82) is 0 Å². The second-order valence-corrected chi connectivity index (χ2v) is 5.17. The average molecular weight is 261 g/mol. The number of thioether (sulfide) groups is 1. The first kappa shape index (κ1) is 11.1. The molecule has 0 radical (unpaired) electrons. The molecule has 1 heterocycles. The van der Waals surface area contributed by atoms with Crippen molar-refractivity contribution < 1.29 is 0 Å². The molecule has 1 unspecified atom stereocenters. The Labute approximate surface area is 103 Å². The van der Waals surface area contributed by atoms with Crippen molar-refractivity contribution in [3.63, 3.8) is 0 Å². The maximum Gasteiger partial charge on any atom is 0.161 e. The number of nitrogens with one attached hydrogen (secondary N) is 1. The normalized spacial score (nSPS) is 20.2. The van der Waals surface area contributed by atoms with E-state index in [2.05, 4.69) is 17.2 Å². The van der Waals surface area contributed by atoms with Gasteiger partial charge in [0.15, 0.2) is 5.17 Å². The number of aliphatic imine (C=N–C) groups is 1. The summed E-state index contributed by atoms with van der Waals surface area (Å²) < 4.78 is 0. The van der Waals surface area contributed by atoms with Gasteiger partial charge in [0.1, 0.15) is 0 Å². The molecule has 1 aromatic rings. The first-order valence-corrected chi connectivity index (χ1v) is 6.32. The van der Waals surface area contributed by atoms with Crippen LogP contribution in [0.3, 0.4) is 0 Å². The number of hydrogen-bond donors (Lipinski definition) is 1. The molecule has 5 heteroatoms. The van der Waals surface area contributed by atoms with Crippen LogP contribution in [0.1, 0.15) is 6.92 Å². The van der Waals surface area contributed by atoms with E-state index in [1.54, 1.807) is 23.9 Å². The molecule has 1 aliphatic rings. The van der Waals surface area contributed by atoms with Crippen LogP contribution in [0.15, 0.2) is 23.2 Å². The maximum atomic E-state index is 5.91. The average Bonchev–Trinajstić information content (AvgIpc) is 2.58. The molecule has 15 heavy (non-hydrogen) atoms. The fraction of sp³-hybridized carbons (Fsp3) is 0.300. The Hall–Kier alpha value is -0.380. The summed E-state index contributed by atoms with van der Waals surface area (Å²) in [4.78, 5) is 4.43. The lowest BCUT2D eigenvalue weighted by Gasteiger charge is -2.05. The molecule has 1 N–H and O–H groups in total. The van der Waals surface area contributed by atoms with Crippen LogP contribution in [0.2, 0.25) is 10.0 Å². The Kier molecular flexibility index (Phi) is 3.44. The monoisotopic (exact) mass is 260 g/mol. The van der Waals surface area contributed by atoms with Gasteiger partial charge < -0.3 is 5.32 Å². The van der Waals surface area contributed by atoms with Gasteiger partial charge in [-0.3, -0.25) is 4.99 Å². The maximum absolute atomic E-state index is 5.91. The van der Waals surface area contributed by atoms with Crippen LogP contribution in [0.5, 0.6) is 0 Å². The number of rotatable bonds is 1. The number of anilines is 1. The lowest BCUT2D eigenvalue weighted by Crippen LogP contribution is -2.04. The minimum atomic E-state index is 0.389. The highest BCUT2D eigenvalue weighted by molar-refractivity contribution is 8.14. The molecule has 2 nitrogen and oxygen atoms in total. The number of hydrogen-bond acceptors (Lipinski definition) is 3. The summed E-state index contributed by atoms with van der Waals surface area (Å²) in [5, 5.41) is 5.27. The number of halogens is 2. The largest absolute Gasteiger partial charge is 0.335 e. The van der Waals surface area contributed by atoms with Gasteiger partial charge in [0.2, 0.25) is 0 Å². The molecule has 1 aromatic carbocycles. The van der Waals surface area contributed by atoms with E-state index in [1.165, 1.54) is 0 Å². The topological polar surface area (TPSA) is 24.4 Å². The Morgan fingerprint density at radius 1 is 1.40 bits per heavy atom. The Balaban J connectivity index is 2.11. The SMILES string of the molecule is CC1CSC(Nc2ccc(Cl)c(Cl)c2)=N1. The highest BCUT2D eigenvalue weighted by atomic mass is 35.5. The van der Waals surface area contributed by atoms with Crippen LogP contribution in [0, 0.1) is 0 Å². The molecule has 2 rings (SSSR count). The summed E-state index contributed by atoms with van der Waals surface area (Å²) >= 11 is 13.5. The first-order chi connectivity index (χ1) is 7.15. The number of nitrogens with zero attached hydrogens (tertiary/aromatic N) is 1. The fourth-order valence-corrected chi connectivity index (χ4v) is 2.46. The smallest absolute Gasteiger partial charge is 0.161 e. The van der Waals surface area contributed by atoms with E-state index < -0.39 is 0 Å². The van der Waals surface area contributed by atoms with E-state index in [9.17, 15) is 0 Å². The highest BCUT2D eigenvalue weighted by Crippen LogP contribution is 2.26. The van der Waals surface area contributed by atoms with Crippen LogP contribution < -0.4 is 5.32 Å². The van der Waals surface area contributed by atoms with Gasteiger partial charge in [-0.15, -0.1) is 0 Å². The van der Waals surface area contributed by atoms with Crippen LogP contribution in [0.4, 0.5) is 5.69 Å². The second kappa shape index (κ2) is 4.64. The molecule has 1 atom stereocenters. The van der Waals surface area contributed by atoms with Gasteiger partial charge in [-0.2, -0.15) is 0 Å². The molecule has 0 aromatic heterocycles. The summed E-state index contributed by atoms with van der Waals surface area (Å²) in [6, 6.07) is 5.85. The van der Waals surface area contributed by atoms with Gasteiger partial charge in [0.05, 0.1) is 16.1 Å². The molecule has 0 saturated heterocycles. The van der Waals surface area contributed by atoms with E-state index in [0.29, 0.717) is 16.1 Å². The quantitative estimate of drug-likeness (QED) is 0.829. The summed E-state index contributed by atoms with van der Waals surface area (Å²) in [6.07, 6.45) is 0.